The second-order valence-electron chi connectivity index (χ2n) is 6.39. The SMILES string of the molecule is CN(CCC(=O)N1CCOCC1)[C@H]1CCc2ccccc2C1. The summed E-state index contributed by atoms with van der Waals surface area (Å²) < 4.78 is 5.30. The number of likely N-dealkylation sites (N-methyl/N-ethyl adjacent to an activating group) is 1. The highest BCUT2D eigenvalue weighted by Crippen LogP contribution is 2.23. The molecule has 2 aliphatic rings. The maximum atomic E-state index is 12.2. The Kier molecular flexibility index (Phi) is 5.11. The monoisotopic (exact) mass is 302 g/mol. The molecule has 0 bridgehead atoms. The Morgan fingerprint density at radius 2 is 2.00 bits per heavy atom. The number of benzene rings is 1. The third-order valence-corrected chi connectivity index (χ3v) is 4.99. The molecule has 1 saturated heterocycles. The summed E-state index contributed by atoms with van der Waals surface area (Å²) in [5, 5.41) is 0. The van der Waals surface area contributed by atoms with Gasteiger partial charge in [0.25, 0.3) is 0 Å². The molecule has 1 aromatic carbocycles. The minimum Gasteiger partial charge on any atom is -0.378 e. The first-order valence-electron chi connectivity index (χ1n) is 8.36. The number of fused-ring (bicyclic) bond motifs is 1. The molecule has 1 fully saturated rings. The van der Waals surface area contributed by atoms with Gasteiger partial charge in [0.05, 0.1) is 13.2 Å². The molecule has 0 aromatic heterocycles. The molecule has 4 nitrogen and oxygen atoms in total. The van der Waals surface area contributed by atoms with Crippen molar-refractivity contribution >= 4 is 5.91 Å². The molecule has 1 heterocycles. The normalized spacial score (nSPS) is 21.7. The van der Waals surface area contributed by atoms with E-state index in [9.17, 15) is 4.79 Å². The van der Waals surface area contributed by atoms with Crippen LogP contribution in [-0.4, -0.2) is 61.6 Å². The van der Waals surface area contributed by atoms with E-state index in [0.29, 0.717) is 25.7 Å². The highest BCUT2D eigenvalue weighted by atomic mass is 16.5. The topological polar surface area (TPSA) is 32.8 Å². The number of hydrogen-bond donors (Lipinski definition) is 0. The summed E-state index contributed by atoms with van der Waals surface area (Å²) in [6.45, 7) is 3.71. The number of amides is 1. The van der Waals surface area contributed by atoms with E-state index in [1.165, 1.54) is 17.5 Å². The Balaban J connectivity index is 1.48. The molecule has 4 heteroatoms. The Hall–Kier alpha value is -1.39. The Bertz CT molecular complexity index is 512. The molecule has 0 saturated carbocycles. The lowest BCUT2D eigenvalue weighted by molar-refractivity contribution is -0.135. The second kappa shape index (κ2) is 7.25. The molecule has 0 spiro atoms. The van der Waals surface area contributed by atoms with Gasteiger partial charge in [-0.15, -0.1) is 0 Å². The quantitative estimate of drug-likeness (QED) is 0.849. The van der Waals surface area contributed by atoms with E-state index in [1.807, 2.05) is 4.90 Å². The zero-order valence-electron chi connectivity index (χ0n) is 13.5. The largest absolute Gasteiger partial charge is 0.378 e. The van der Waals surface area contributed by atoms with Crippen molar-refractivity contribution in [2.45, 2.75) is 31.7 Å². The van der Waals surface area contributed by atoms with E-state index in [4.69, 9.17) is 4.74 Å². The summed E-state index contributed by atoms with van der Waals surface area (Å²) in [5.74, 6) is 0.270. The predicted molar refractivity (Wildman–Crippen MR) is 86.9 cm³/mol. The molecule has 0 radical (unpaired) electrons. The van der Waals surface area contributed by atoms with Gasteiger partial charge in [-0.2, -0.15) is 0 Å². The second-order valence-corrected chi connectivity index (χ2v) is 6.39. The Morgan fingerprint density at radius 1 is 1.27 bits per heavy atom. The average molecular weight is 302 g/mol. The number of nitrogens with zero attached hydrogens (tertiary/aromatic N) is 2. The standard InChI is InChI=1S/C18H26N2O2/c1-19(9-8-18(21)20-10-12-22-13-11-20)17-7-6-15-4-2-3-5-16(15)14-17/h2-5,17H,6-14H2,1H3/t17-/m0/s1. The van der Waals surface area contributed by atoms with Gasteiger partial charge in [0.15, 0.2) is 0 Å². The summed E-state index contributed by atoms with van der Waals surface area (Å²) in [6.07, 6.45) is 4.08. The van der Waals surface area contributed by atoms with Gasteiger partial charge in [0, 0.05) is 32.1 Å². The lowest BCUT2D eigenvalue weighted by Gasteiger charge is -2.33. The molecule has 1 aliphatic heterocycles. The van der Waals surface area contributed by atoms with E-state index in [0.717, 1.165) is 32.5 Å². The van der Waals surface area contributed by atoms with E-state index in [1.54, 1.807) is 0 Å². The van der Waals surface area contributed by atoms with E-state index in [2.05, 4.69) is 36.2 Å². The summed E-state index contributed by atoms with van der Waals surface area (Å²) in [4.78, 5) is 16.5. The van der Waals surface area contributed by atoms with Crippen LogP contribution in [0.25, 0.3) is 0 Å². The lowest BCUT2D eigenvalue weighted by Crippen LogP contribution is -2.43. The molecule has 1 atom stereocenters. The predicted octanol–water partition coefficient (Wildman–Crippen LogP) is 1.72. The van der Waals surface area contributed by atoms with Crippen molar-refractivity contribution in [3.05, 3.63) is 35.4 Å². The molecule has 22 heavy (non-hydrogen) atoms. The van der Waals surface area contributed by atoms with E-state index in [-0.39, 0.29) is 5.91 Å². The number of rotatable bonds is 4. The highest BCUT2D eigenvalue weighted by Gasteiger charge is 2.23. The zero-order valence-corrected chi connectivity index (χ0v) is 13.5. The number of morpholine rings is 1. The summed E-state index contributed by atoms with van der Waals surface area (Å²) >= 11 is 0. The molecule has 0 N–H and O–H groups in total. The van der Waals surface area contributed by atoms with Gasteiger partial charge in [0.2, 0.25) is 5.91 Å². The molecule has 1 aromatic rings. The van der Waals surface area contributed by atoms with Crippen LogP contribution in [0, 0.1) is 0 Å². The van der Waals surface area contributed by atoms with Crippen LogP contribution in [0.1, 0.15) is 24.0 Å². The van der Waals surface area contributed by atoms with E-state index < -0.39 is 0 Å². The van der Waals surface area contributed by atoms with Crippen LogP contribution in [0.15, 0.2) is 24.3 Å². The van der Waals surface area contributed by atoms with Crippen molar-refractivity contribution in [1.29, 1.82) is 0 Å². The van der Waals surface area contributed by atoms with Crippen LogP contribution in [-0.2, 0) is 22.4 Å². The number of carbonyl (C=O) groups is 1. The molecular weight excluding hydrogens is 276 g/mol. The van der Waals surface area contributed by atoms with Gasteiger partial charge in [-0.05, 0) is 37.4 Å². The first-order valence-corrected chi connectivity index (χ1v) is 8.36. The van der Waals surface area contributed by atoms with Crippen LogP contribution in [0.3, 0.4) is 0 Å². The molecule has 1 aliphatic carbocycles. The van der Waals surface area contributed by atoms with Crippen LogP contribution in [0.2, 0.25) is 0 Å². The van der Waals surface area contributed by atoms with Crippen LogP contribution in [0.5, 0.6) is 0 Å². The Labute approximate surface area is 133 Å². The maximum absolute atomic E-state index is 12.2. The molecule has 0 unspecified atom stereocenters. The maximum Gasteiger partial charge on any atom is 0.224 e. The van der Waals surface area contributed by atoms with E-state index >= 15 is 0 Å². The van der Waals surface area contributed by atoms with Gasteiger partial charge in [-0.25, -0.2) is 0 Å². The van der Waals surface area contributed by atoms with Gasteiger partial charge in [-0.1, -0.05) is 24.3 Å². The molecular formula is C18H26N2O2. The minimum absolute atomic E-state index is 0.270. The van der Waals surface area contributed by atoms with Crippen molar-refractivity contribution in [2.24, 2.45) is 0 Å². The number of aryl methyl sites for hydroxylation is 1. The van der Waals surface area contributed by atoms with Crippen molar-refractivity contribution in [3.63, 3.8) is 0 Å². The van der Waals surface area contributed by atoms with Crippen LogP contribution < -0.4 is 0 Å². The molecule has 120 valence electrons. The van der Waals surface area contributed by atoms with Gasteiger partial charge >= 0.3 is 0 Å². The highest BCUT2D eigenvalue weighted by molar-refractivity contribution is 5.76. The smallest absolute Gasteiger partial charge is 0.224 e. The minimum atomic E-state index is 0.270. The van der Waals surface area contributed by atoms with Gasteiger partial charge < -0.3 is 14.5 Å². The van der Waals surface area contributed by atoms with Crippen molar-refractivity contribution in [3.8, 4) is 0 Å². The van der Waals surface area contributed by atoms with Crippen molar-refractivity contribution < 1.29 is 9.53 Å². The first-order chi connectivity index (χ1) is 10.7. The Morgan fingerprint density at radius 3 is 2.77 bits per heavy atom. The van der Waals surface area contributed by atoms with Crippen LogP contribution in [0.4, 0.5) is 0 Å². The fourth-order valence-corrected chi connectivity index (χ4v) is 3.48. The third-order valence-electron chi connectivity index (χ3n) is 4.99. The first kappa shape index (κ1) is 15.5. The van der Waals surface area contributed by atoms with Gasteiger partial charge in [-0.3, -0.25) is 4.79 Å². The van der Waals surface area contributed by atoms with Crippen LogP contribution >= 0.6 is 0 Å². The summed E-state index contributed by atoms with van der Waals surface area (Å²) in [5.41, 5.74) is 2.97. The molecule has 3 rings (SSSR count). The zero-order chi connectivity index (χ0) is 15.4. The van der Waals surface area contributed by atoms with Crippen molar-refractivity contribution in [1.82, 2.24) is 9.80 Å². The molecule has 1 amide bonds. The number of hydrogen-bond acceptors (Lipinski definition) is 3. The summed E-state index contributed by atoms with van der Waals surface area (Å²) in [6, 6.07) is 9.31. The fourth-order valence-electron chi connectivity index (χ4n) is 3.48. The lowest BCUT2D eigenvalue weighted by atomic mass is 9.87. The number of ether oxygens (including phenoxy) is 1. The summed E-state index contributed by atoms with van der Waals surface area (Å²) in [7, 11) is 2.16. The number of carbonyl (C=O) groups excluding carboxylic acids is 1. The van der Waals surface area contributed by atoms with Gasteiger partial charge in [0.1, 0.15) is 0 Å². The fraction of sp³-hybridized carbons (Fsp3) is 0.611. The third kappa shape index (κ3) is 3.68. The van der Waals surface area contributed by atoms with Crippen molar-refractivity contribution in [2.75, 3.05) is 39.9 Å². The average Bonchev–Trinajstić information content (AvgIpc) is 2.59.